The van der Waals surface area contributed by atoms with Crippen LogP contribution in [-0.4, -0.2) is 5.11 Å². The Labute approximate surface area is 110 Å². The summed E-state index contributed by atoms with van der Waals surface area (Å²) in [6.07, 6.45) is 6.41. The van der Waals surface area contributed by atoms with Crippen molar-refractivity contribution in [2.45, 2.75) is 58.3 Å². The van der Waals surface area contributed by atoms with E-state index in [-0.39, 0.29) is 0 Å². The van der Waals surface area contributed by atoms with E-state index >= 15 is 0 Å². The summed E-state index contributed by atoms with van der Waals surface area (Å²) < 4.78 is 0. The Bertz CT molecular complexity index is 474. The van der Waals surface area contributed by atoms with Crippen LogP contribution >= 0.6 is 0 Å². The van der Waals surface area contributed by atoms with Crippen LogP contribution < -0.4 is 0 Å². The molecule has 2 aliphatic rings. The van der Waals surface area contributed by atoms with Crippen LogP contribution in [0, 0.1) is 11.3 Å². The van der Waals surface area contributed by atoms with Crippen LogP contribution in [0.2, 0.25) is 0 Å². The molecule has 0 radical (unpaired) electrons. The largest absolute Gasteiger partial charge is 0.508 e. The number of hydrogen-bond donors (Lipinski definition) is 1. The van der Waals surface area contributed by atoms with E-state index in [1.807, 2.05) is 12.1 Å². The molecule has 1 aromatic rings. The zero-order valence-electron chi connectivity index (χ0n) is 11.8. The Morgan fingerprint density at radius 2 is 1.94 bits per heavy atom. The summed E-state index contributed by atoms with van der Waals surface area (Å²) in [5, 5.41) is 9.67. The molecular formula is C17H24O. The van der Waals surface area contributed by atoms with E-state index in [1.165, 1.54) is 36.8 Å². The number of phenols is 1. The summed E-state index contributed by atoms with van der Waals surface area (Å²) in [5.74, 6) is 1.21. The standard InChI is InChI=1S/C17H24O/c1-16(2)9-4-10-17(3)14-7-6-13(18)11-12(14)5-8-15(16)17/h6-7,11,15,18H,4-5,8-10H2,1-3H3/t15?,17-/m1/s1. The molecule has 2 aliphatic carbocycles. The van der Waals surface area contributed by atoms with Gasteiger partial charge in [0, 0.05) is 0 Å². The predicted molar refractivity (Wildman–Crippen MR) is 74.9 cm³/mol. The summed E-state index contributed by atoms with van der Waals surface area (Å²) in [5.41, 5.74) is 3.67. The molecule has 0 heterocycles. The van der Waals surface area contributed by atoms with Crippen LogP contribution in [0.25, 0.3) is 0 Å². The molecule has 0 bridgehead atoms. The molecule has 2 atom stereocenters. The Balaban J connectivity index is 2.11. The summed E-state index contributed by atoms with van der Waals surface area (Å²) in [4.78, 5) is 0. The average Bonchev–Trinajstić information content (AvgIpc) is 2.27. The molecule has 1 unspecified atom stereocenters. The minimum Gasteiger partial charge on any atom is -0.508 e. The predicted octanol–water partition coefficient (Wildman–Crippen LogP) is 4.42. The van der Waals surface area contributed by atoms with Gasteiger partial charge in [-0.05, 0) is 65.7 Å². The van der Waals surface area contributed by atoms with Crippen molar-refractivity contribution in [2.24, 2.45) is 11.3 Å². The third-order valence-corrected chi connectivity index (χ3v) is 5.64. The van der Waals surface area contributed by atoms with E-state index < -0.39 is 0 Å². The molecule has 1 N–H and O–H groups in total. The molecule has 3 rings (SSSR count). The Kier molecular flexibility index (Phi) is 2.52. The molecule has 1 nitrogen and oxygen atoms in total. The second-order valence-corrected chi connectivity index (χ2v) is 7.19. The van der Waals surface area contributed by atoms with E-state index in [0.717, 1.165) is 12.3 Å². The second-order valence-electron chi connectivity index (χ2n) is 7.19. The van der Waals surface area contributed by atoms with Crippen molar-refractivity contribution in [3.63, 3.8) is 0 Å². The van der Waals surface area contributed by atoms with Crippen LogP contribution in [0.1, 0.15) is 57.6 Å². The van der Waals surface area contributed by atoms with E-state index in [1.54, 1.807) is 0 Å². The van der Waals surface area contributed by atoms with Crippen LogP contribution in [0.3, 0.4) is 0 Å². The molecule has 98 valence electrons. The van der Waals surface area contributed by atoms with Gasteiger partial charge in [-0.15, -0.1) is 0 Å². The van der Waals surface area contributed by atoms with Crippen molar-refractivity contribution >= 4 is 0 Å². The molecular weight excluding hydrogens is 220 g/mol. The first kappa shape index (κ1) is 12.1. The molecule has 1 saturated carbocycles. The smallest absolute Gasteiger partial charge is 0.115 e. The van der Waals surface area contributed by atoms with Gasteiger partial charge >= 0.3 is 0 Å². The monoisotopic (exact) mass is 244 g/mol. The topological polar surface area (TPSA) is 20.2 Å². The molecule has 18 heavy (non-hydrogen) atoms. The highest BCUT2D eigenvalue weighted by Gasteiger charge is 2.49. The minimum atomic E-state index is 0.322. The van der Waals surface area contributed by atoms with Crippen LogP contribution in [0.15, 0.2) is 18.2 Å². The van der Waals surface area contributed by atoms with Gasteiger partial charge in [-0.2, -0.15) is 0 Å². The van der Waals surface area contributed by atoms with Crippen LogP contribution in [0.4, 0.5) is 0 Å². The normalized spacial score (nSPS) is 33.6. The molecule has 0 saturated heterocycles. The fourth-order valence-corrected chi connectivity index (χ4v) is 4.80. The third kappa shape index (κ3) is 1.60. The van der Waals surface area contributed by atoms with E-state index in [9.17, 15) is 5.11 Å². The maximum atomic E-state index is 9.67. The van der Waals surface area contributed by atoms with Crippen LogP contribution in [0.5, 0.6) is 5.75 Å². The highest BCUT2D eigenvalue weighted by molar-refractivity contribution is 5.42. The molecule has 0 amide bonds. The lowest BCUT2D eigenvalue weighted by atomic mass is 9.50. The quantitative estimate of drug-likeness (QED) is 0.716. The maximum Gasteiger partial charge on any atom is 0.115 e. The Hall–Kier alpha value is -0.980. The van der Waals surface area contributed by atoms with Gasteiger partial charge in [-0.3, -0.25) is 0 Å². The van der Waals surface area contributed by atoms with Crippen molar-refractivity contribution in [3.8, 4) is 5.75 Å². The summed E-state index contributed by atoms with van der Waals surface area (Å²) >= 11 is 0. The first-order chi connectivity index (χ1) is 8.43. The van der Waals surface area contributed by atoms with Gasteiger partial charge in [0.15, 0.2) is 0 Å². The first-order valence-electron chi connectivity index (χ1n) is 7.26. The Morgan fingerprint density at radius 1 is 1.17 bits per heavy atom. The van der Waals surface area contributed by atoms with Gasteiger partial charge in [0.2, 0.25) is 0 Å². The Morgan fingerprint density at radius 3 is 2.72 bits per heavy atom. The average molecular weight is 244 g/mol. The van der Waals surface area contributed by atoms with E-state index in [2.05, 4.69) is 26.8 Å². The molecule has 0 spiro atoms. The van der Waals surface area contributed by atoms with Gasteiger partial charge < -0.3 is 5.11 Å². The molecule has 1 heteroatoms. The molecule has 0 aliphatic heterocycles. The lowest BCUT2D eigenvalue weighted by Crippen LogP contribution is -2.47. The SMILES string of the molecule is CC1(C)CCC[C@]2(C)c3ccc(O)cc3CCC12. The number of benzene rings is 1. The number of aromatic hydroxyl groups is 1. The van der Waals surface area contributed by atoms with Gasteiger partial charge in [0.1, 0.15) is 5.75 Å². The van der Waals surface area contributed by atoms with Gasteiger partial charge in [-0.25, -0.2) is 0 Å². The number of phenolic OH excluding ortho intramolecular Hbond substituents is 1. The highest BCUT2D eigenvalue weighted by atomic mass is 16.3. The lowest BCUT2D eigenvalue weighted by molar-refractivity contribution is 0.0407. The van der Waals surface area contributed by atoms with Gasteiger partial charge in [-0.1, -0.05) is 33.3 Å². The highest BCUT2D eigenvalue weighted by Crippen LogP contribution is 2.57. The number of hydrogen-bond acceptors (Lipinski definition) is 1. The zero-order valence-corrected chi connectivity index (χ0v) is 11.8. The van der Waals surface area contributed by atoms with Crippen molar-refractivity contribution in [2.75, 3.05) is 0 Å². The second kappa shape index (κ2) is 3.76. The summed E-state index contributed by atoms with van der Waals surface area (Å²) in [7, 11) is 0. The lowest BCUT2D eigenvalue weighted by Gasteiger charge is -2.54. The van der Waals surface area contributed by atoms with Gasteiger partial charge in [0.05, 0.1) is 0 Å². The third-order valence-electron chi connectivity index (χ3n) is 5.64. The van der Waals surface area contributed by atoms with Crippen LogP contribution in [-0.2, 0) is 11.8 Å². The molecule has 0 aromatic heterocycles. The van der Waals surface area contributed by atoms with Crippen molar-refractivity contribution in [1.82, 2.24) is 0 Å². The summed E-state index contributed by atoms with van der Waals surface area (Å²) in [6, 6.07) is 6.03. The van der Waals surface area contributed by atoms with Crippen molar-refractivity contribution in [3.05, 3.63) is 29.3 Å². The number of fused-ring (bicyclic) bond motifs is 3. The zero-order chi connectivity index (χ0) is 13.0. The number of rotatable bonds is 0. The van der Waals surface area contributed by atoms with Crippen molar-refractivity contribution in [1.29, 1.82) is 0 Å². The van der Waals surface area contributed by atoms with E-state index in [0.29, 0.717) is 16.6 Å². The molecule has 1 aromatic carbocycles. The number of aryl methyl sites for hydroxylation is 1. The maximum absolute atomic E-state index is 9.67. The minimum absolute atomic E-state index is 0.322. The molecule has 1 fully saturated rings. The first-order valence-corrected chi connectivity index (χ1v) is 7.26. The van der Waals surface area contributed by atoms with Gasteiger partial charge in [0.25, 0.3) is 0 Å². The fraction of sp³-hybridized carbons (Fsp3) is 0.647. The summed E-state index contributed by atoms with van der Waals surface area (Å²) in [6.45, 7) is 7.34. The van der Waals surface area contributed by atoms with E-state index in [4.69, 9.17) is 0 Å². The fourth-order valence-electron chi connectivity index (χ4n) is 4.80. The van der Waals surface area contributed by atoms with Crippen molar-refractivity contribution < 1.29 is 5.11 Å².